The van der Waals surface area contributed by atoms with Crippen LogP contribution in [0.2, 0.25) is 0 Å². The first-order valence-corrected chi connectivity index (χ1v) is 9.95. The number of nitrogens with zero attached hydrogens (tertiary/aromatic N) is 1. The van der Waals surface area contributed by atoms with Crippen molar-refractivity contribution in [2.24, 2.45) is 0 Å². The van der Waals surface area contributed by atoms with Crippen LogP contribution in [-0.2, 0) is 6.42 Å². The lowest BCUT2D eigenvalue weighted by Gasteiger charge is -2.30. The van der Waals surface area contributed by atoms with Crippen molar-refractivity contribution in [1.82, 2.24) is 5.32 Å². The van der Waals surface area contributed by atoms with Crippen LogP contribution in [0.4, 0.5) is 5.69 Å². The Kier molecular flexibility index (Phi) is 5.12. The summed E-state index contributed by atoms with van der Waals surface area (Å²) in [6.07, 6.45) is 1.04. The average molecular weight is 378 g/mol. The minimum atomic E-state index is -0.110. The molecule has 138 valence electrons. The number of amides is 1. The van der Waals surface area contributed by atoms with Crippen LogP contribution in [0.3, 0.4) is 0 Å². The molecule has 0 fully saturated rings. The number of ether oxygens (including phenoxy) is 1. The Morgan fingerprint density at radius 3 is 2.78 bits per heavy atom. The first kappa shape index (κ1) is 17.6. The van der Waals surface area contributed by atoms with E-state index >= 15 is 0 Å². The molecule has 2 aromatic carbocycles. The maximum Gasteiger partial charge on any atom is 0.255 e. The third-order valence-electron chi connectivity index (χ3n) is 4.98. The lowest BCUT2D eigenvalue weighted by molar-refractivity contribution is 0.0948. The summed E-state index contributed by atoms with van der Waals surface area (Å²) in [7, 11) is 1.59. The van der Waals surface area contributed by atoms with Crippen molar-refractivity contribution in [3.8, 4) is 5.75 Å². The number of carbonyl (C=O) groups excluding carboxylic acids is 1. The van der Waals surface area contributed by atoms with Gasteiger partial charge in [0.2, 0.25) is 0 Å². The van der Waals surface area contributed by atoms with Gasteiger partial charge >= 0.3 is 0 Å². The molecule has 1 aliphatic rings. The molecule has 1 aliphatic heterocycles. The lowest BCUT2D eigenvalue weighted by atomic mass is 10.1. The van der Waals surface area contributed by atoms with Crippen LogP contribution in [-0.4, -0.2) is 26.1 Å². The maximum absolute atomic E-state index is 12.8. The molecular weight excluding hydrogens is 356 g/mol. The molecule has 0 radical (unpaired) electrons. The third-order valence-corrected chi connectivity index (χ3v) is 5.95. The van der Waals surface area contributed by atoms with Crippen molar-refractivity contribution in [2.45, 2.75) is 12.5 Å². The van der Waals surface area contributed by atoms with E-state index in [2.05, 4.69) is 52.0 Å². The zero-order chi connectivity index (χ0) is 18.6. The largest absolute Gasteiger partial charge is 0.496 e. The molecule has 1 N–H and O–H groups in total. The summed E-state index contributed by atoms with van der Waals surface area (Å²) in [5.41, 5.74) is 3.20. The number of hydrogen-bond acceptors (Lipinski definition) is 4. The molecule has 0 unspecified atom stereocenters. The van der Waals surface area contributed by atoms with Gasteiger partial charge in [0.25, 0.3) is 5.91 Å². The van der Waals surface area contributed by atoms with E-state index in [1.165, 1.54) is 16.1 Å². The molecule has 3 aromatic rings. The van der Waals surface area contributed by atoms with Gasteiger partial charge in [-0.25, -0.2) is 0 Å². The summed E-state index contributed by atoms with van der Waals surface area (Å²) in [6.45, 7) is 1.51. The third kappa shape index (κ3) is 3.55. The summed E-state index contributed by atoms with van der Waals surface area (Å²) in [5, 5.41) is 5.21. The molecule has 1 atom stereocenters. The van der Waals surface area contributed by atoms with Gasteiger partial charge < -0.3 is 15.0 Å². The Balaban J connectivity index is 1.56. The van der Waals surface area contributed by atoms with Crippen LogP contribution in [0, 0.1) is 0 Å². The molecular formula is C22H22N2O2S. The highest BCUT2D eigenvalue weighted by Gasteiger charge is 2.28. The van der Waals surface area contributed by atoms with Gasteiger partial charge in [0.1, 0.15) is 5.75 Å². The molecule has 27 heavy (non-hydrogen) atoms. The number of anilines is 1. The van der Waals surface area contributed by atoms with E-state index in [1.54, 1.807) is 24.5 Å². The number of carbonyl (C=O) groups is 1. The highest BCUT2D eigenvalue weighted by atomic mass is 32.1. The summed E-state index contributed by atoms with van der Waals surface area (Å²) >= 11 is 1.73. The quantitative estimate of drug-likeness (QED) is 0.696. The Morgan fingerprint density at radius 2 is 1.96 bits per heavy atom. The van der Waals surface area contributed by atoms with Crippen molar-refractivity contribution in [3.63, 3.8) is 0 Å². The Morgan fingerprint density at radius 1 is 1.15 bits per heavy atom. The first-order valence-electron chi connectivity index (χ1n) is 9.07. The van der Waals surface area contributed by atoms with Gasteiger partial charge in [-0.3, -0.25) is 4.79 Å². The van der Waals surface area contributed by atoms with Crippen LogP contribution in [0.15, 0.2) is 66.0 Å². The highest BCUT2D eigenvalue weighted by molar-refractivity contribution is 7.10. The molecule has 0 saturated carbocycles. The Bertz CT molecular complexity index is 924. The van der Waals surface area contributed by atoms with Crippen molar-refractivity contribution in [1.29, 1.82) is 0 Å². The molecule has 0 aliphatic carbocycles. The summed E-state index contributed by atoms with van der Waals surface area (Å²) in [6, 6.07) is 20.2. The van der Waals surface area contributed by atoms with E-state index < -0.39 is 0 Å². The second-order valence-corrected chi connectivity index (χ2v) is 7.49. The fourth-order valence-electron chi connectivity index (χ4n) is 3.65. The van der Waals surface area contributed by atoms with Crippen molar-refractivity contribution < 1.29 is 9.53 Å². The molecule has 0 spiro atoms. The van der Waals surface area contributed by atoms with E-state index in [4.69, 9.17) is 4.74 Å². The molecule has 4 nitrogen and oxygen atoms in total. The standard InChI is InChI=1S/C22H22N2O2S/c1-26-20-10-5-3-8-17(20)22(25)23-15-19(21-11-6-14-27-21)24-13-12-16-7-2-4-9-18(16)24/h2-11,14,19H,12-13,15H2,1H3,(H,23,25)/t19-/m0/s1. The number of methoxy groups -OCH3 is 1. The fourth-order valence-corrected chi connectivity index (χ4v) is 4.49. The van der Waals surface area contributed by atoms with E-state index in [1.807, 2.05) is 18.2 Å². The Hall–Kier alpha value is -2.79. The van der Waals surface area contributed by atoms with Crippen LogP contribution in [0.5, 0.6) is 5.75 Å². The van der Waals surface area contributed by atoms with Crippen LogP contribution in [0.25, 0.3) is 0 Å². The number of hydrogen-bond donors (Lipinski definition) is 1. The molecule has 5 heteroatoms. The predicted octanol–water partition coefficient (Wildman–Crippen LogP) is 4.29. The first-order chi connectivity index (χ1) is 13.3. The van der Waals surface area contributed by atoms with E-state index in [0.717, 1.165) is 13.0 Å². The Labute approximate surface area is 163 Å². The normalized spacial score (nSPS) is 13.9. The molecule has 4 rings (SSSR count). The van der Waals surface area contributed by atoms with Crippen LogP contribution >= 0.6 is 11.3 Å². The van der Waals surface area contributed by atoms with Gasteiger partial charge in [-0.05, 0) is 41.6 Å². The molecule has 0 bridgehead atoms. The minimum Gasteiger partial charge on any atom is -0.496 e. The maximum atomic E-state index is 12.8. The number of para-hydroxylation sites is 2. The average Bonchev–Trinajstić information content (AvgIpc) is 3.39. The predicted molar refractivity (Wildman–Crippen MR) is 110 cm³/mol. The van der Waals surface area contributed by atoms with Crippen molar-refractivity contribution >= 4 is 22.9 Å². The highest BCUT2D eigenvalue weighted by Crippen LogP contribution is 2.36. The number of benzene rings is 2. The zero-order valence-corrected chi connectivity index (χ0v) is 16.0. The van der Waals surface area contributed by atoms with Gasteiger partial charge in [-0.2, -0.15) is 0 Å². The number of thiophene rings is 1. The van der Waals surface area contributed by atoms with Crippen LogP contribution in [0.1, 0.15) is 26.8 Å². The minimum absolute atomic E-state index is 0.110. The van der Waals surface area contributed by atoms with Gasteiger partial charge in [0.05, 0.1) is 18.7 Å². The molecule has 0 saturated heterocycles. The summed E-state index contributed by atoms with van der Waals surface area (Å²) in [4.78, 5) is 16.4. The molecule has 1 aromatic heterocycles. The number of fused-ring (bicyclic) bond motifs is 1. The number of rotatable bonds is 6. The van der Waals surface area contributed by atoms with Crippen molar-refractivity contribution in [3.05, 3.63) is 82.0 Å². The zero-order valence-electron chi connectivity index (χ0n) is 15.2. The summed E-state index contributed by atoms with van der Waals surface area (Å²) < 4.78 is 5.32. The molecule has 2 heterocycles. The van der Waals surface area contributed by atoms with Crippen molar-refractivity contribution in [2.75, 3.05) is 25.1 Å². The van der Waals surface area contributed by atoms with Gasteiger partial charge in [0, 0.05) is 23.7 Å². The smallest absolute Gasteiger partial charge is 0.255 e. The second kappa shape index (κ2) is 7.84. The van der Waals surface area contributed by atoms with E-state index in [-0.39, 0.29) is 11.9 Å². The van der Waals surface area contributed by atoms with E-state index in [0.29, 0.717) is 17.9 Å². The van der Waals surface area contributed by atoms with Gasteiger partial charge in [0.15, 0.2) is 0 Å². The number of nitrogens with one attached hydrogen (secondary N) is 1. The topological polar surface area (TPSA) is 41.6 Å². The fraction of sp³-hybridized carbons (Fsp3) is 0.227. The van der Waals surface area contributed by atoms with Gasteiger partial charge in [-0.15, -0.1) is 11.3 Å². The van der Waals surface area contributed by atoms with Crippen LogP contribution < -0.4 is 15.0 Å². The van der Waals surface area contributed by atoms with E-state index in [9.17, 15) is 4.79 Å². The lowest BCUT2D eigenvalue weighted by Crippen LogP contribution is -2.37. The molecule has 1 amide bonds. The van der Waals surface area contributed by atoms with Gasteiger partial charge in [-0.1, -0.05) is 36.4 Å². The summed E-state index contributed by atoms with van der Waals surface area (Å²) in [5.74, 6) is 0.482. The monoisotopic (exact) mass is 378 g/mol. The second-order valence-electron chi connectivity index (χ2n) is 6.51. The SMILES string of the molecule is COc1ccccc1C(=O)NC[C@@H](c1cccs1)N1CCc2ccccc21.